The predicted molar refractivity (Wildman–Crippen MR) is 71.3 cm³/mol. The summed E-state index contributed by atoms with van der Waals surface area (Å²) in [6.07, 6.45) is 7.11. The van der Waals surface area contributed by atoms with E-state index in [1.807, 2.05) is 0 Å². The molecule has 0 aromatic carbocycles. The molecule has 1 saturated carbocycles. The number of rotatable bonds is 7. The van der Waals surface area contributed by atoms with Crippen molar-refractivity contribution < 1.29 is 9.90 Å². The summed E-state index contributed by atoms with van der Waals surface area (Å²) in [6, 6.07) is 0. The third-order valence-electron chi connectivity index (χ3n) is 4.58. The molecule has 3 N–H and O–H groups in total. The Bertz CT molecular complexity index is 294. The number of hydrogen-bond donors (Lipinski definition) is 3. The van der Waals surface area contributed by atoms with Gasteiger partial charge in [-0.25, -0.2) is 0 Å². The van der Waals surface area contributed by atoms with Gasteiger partial charge in [-0.05, 0) is 50.5 Å². The van der Waals surface area contributed by atoms with E-state index in [1.54, 1.807) is 0 Å². The summed E-state index contributed by atoms with van der Waals surface area (Å²) < 4.78 is 0. The molecule has 4 nitrogen and oxygen atoms in total. The molecule has 1 aliphatic heterocycles. The molecule has 2 rings (SSSR count). The third-order valence-corrected chi connectivity index (χ3v) is 4.58. The largest absolute Gasteiger partial charge is 0.396 e. The van der Waals surface area contributed by atoms with E-state index in [9.17, 15) is 4.79 Å². The van der Waals surface area contributed by atoms with Gasteiger partial charge in [-0.15, -0.1) is 0 Å². The highest BCUT2D eigenvalue weighted by molar-refractivity contribution is 5.86. The normalized spacial score (nSPS) is 29.2. The van der Waals surface area contributed by atoms with Gasteiger partial charge in [0, 0.05) is 13.2 Å². The van der Waals surface area contributed by atoms with E-state index < -0.39 is 0 Å². The van der Waals surface area contributed by atoms with Crippen molar-refractivity contribution in [2.45, 2.75) is 57.4 Å². The van der Waals surface area contributed by atoms with E-state index >= 15 is 0 Å². The monoisotopic (exact) mass is 254 g/mol. The molecule has 4 heteroatoms. The summed E-state index contributed by atoms with van der Waals surface area (Å²) in [6.45, 7) is 4.05. The molecule has 0 spiro atoms. The van der Waals surface area contributed by atoms with Gasteiger partial charge in [0.2, 0.25) is 5.91 Å². The first-order valence-corrected chi connectivity index (χ1v) is 7.31. The predicted octanol–water partition coefficient (Wildman–Crippen LogP) is 1.19. The molecule has 1 atom stereocenters. The smallest absolute Gasteiger partial charge is 0.240 e. The molecule has 2 fully saturated rings. The van der Waals surface area contributed by atoms with Crippen LogP contribution in [-0.2, 0) is 4.79 Å². The lowest BCUT2D eigenvalue weighted by Gasteiger charge is -2.29. The Morgan fingerprint density at radius 2 is 2.11 bits per heavy atom. The van der Waals surface area contributed by atoms with Crippen LogP contribution in [0.2, 0.25) is 0 Å². The van der Waals surface area contributed by atoms with Crippen molar-refractivity contribution in [3.63, 3.8) is 0 Å². The van der Waals surface area contributed by atoms with E-state index in [-0.39, 0.29) is 23.5 Å². The minimum Gasteiger partial charge on any atom is -0.396 e. The van der Waals surface area contributed by atoms with Crippen LogP contribution in [0.5, 0.6) is 0 Å². The lowest BCUT2D eigenvalue weighted by molar-refractivity contribution is -0.127. The molecule has 1 amide bonds. The summed E-state index contributed by atoms with van der Waals surface area (Å²) in [5.41, 5.74) is -0.111. The van der Waals surface area contributed by atoms with Gasteiger partial charge in [0.1, 0.15) is 0 Å². The van der Waals surface area contributed by atoms with Gasteiger partial charge >= 0.3 is 0 Å². The number of aliphatic hydroxyl groups is 1. The molecular formula is C14H26N2O2. The molecule has 1 unspecified atom stereocenters. The number of aliphatic hydroxyl groups excluding tert-OH is 1. The van der Waals surface area contributed by atoms with Crippen LogP contribution in [0.3, 0.4) is 0 Å². The highest BCUT2D eigenvalue weighted by Crippen LogP contribution is 2.48. The molecule has 1 heterocycles. The fraction of sp³-hybridized carbons (Fsp3) is 0.929. The summed E-state index contributed by atoms with van der Waals surface area (Å²) >= 11 is 0. The number of carbonyl (C=O) groups excluding carboxylic acids is 1. The first kappa shape index (κ1) is 13.8. The van der Waals surface area contributed by atoms with Crippen molar-refractivity contribution in [3.8, 4) is 0 Å². The topological polar surface area (TPSA) is 61.4 Å². The van der Waals surface area contributed by atoms with Crippen LogP contribution in [0.25, 0.3) is 0 Å². The second-order valence-corrected chi connectivity index (χ2v) is 6.02. The summed E-state index contributed by atoms with van der Waals surface area (Å²) in [5.74, 6) is 0.172. The maximum atomic E-state index is 12.4. The van der Waals surface area contributed by atoms with E-state index in [1.165, 1.54) is 0 Å². The van der Waals surface area contributed by atoms with Gasteiger partial charge in [-0.1, -0.05) is 13.3 Å². The van der Waals surface area contributed by atoms with Crippen molar-refractivity contribution in [1.82, 2.24) is 10.6 Å². The standard InChI is InChI=1S/C14H26N2O2/c1-2-4-14(5-3-9-16-14)12(18)15-11-13(6-7-13)8-10-17/h16-17H,2-11H2,1H3,(H,15,18). The van der Waals surface area contributed by atoms with E-state index in [0.717, 1.165) is 58.0 Å². The zero-order valence-corrected chi connectivity index (χ0v) is 11.4. The van der Waals surface area contributed by atoms with Crippen molar-refractivity contribution in [2.75, 3.05) is 19.7 Å². The van der Waals surface area contributed by atoms with Crippen molar-refractivity contribution in [2.24, 2.45) is 5.41 Å². The van der Waals surface area contributed by atoms with Crippen molar-refractivity contribution >= 4 is 5.91 Å². The molecule has 1 saturated heterocycles. The van der Waals surface area contributed by atoms with Crippen LogP contribution in [0.1, 0.15) is 51.9 Å². The Balaban J connectivity index is 1.86. The van der Waals surface area contributed by atoms with E-state index in [2.05, 4.69) is 17.6 Å². The lowest BCUT2D eigenvalue weighted by atomic mass is 9.90. The van der Waals surface area contributed by atoms with Gasteiger partial charge < -0.3 is 15.7 Å². The van der Waals surface area contributed by atoms with Crippen LogP contribution in [0.15, 0.2) is 0 Å². The molecular weight excluding hydrogens is 228 g/mol. The van der Waals surface area contributed by atoms with E-state index in [0.29, 0.717) is 0 Å². The maximum Gasteiger partial charge on any atom is 0.240 e. The third kappa shape index (κ3) is 2.86. The van der Waals surface area contributed by atoms with Crippen LogP contribution < -0.4 is 10.6 Å². The van der Waals surface area contributed by atoms with Crippen LogP contribution in [-0.4, -0.2) is 36.2 Å². The molecule has 0 radical (unpaired) electrons. The Morgan fingerprint density at radius 3 is 2.61 bits per heavy atom. The summed E-state index contributed by atoms with van der Waals surface area (Å²) in [5, 5.41) is 15.6. The number of hydrogen-bond acceptors (Lipinski definition) is 3. The van der Waals surface area contributed by atoms with Crippen LogP contribution in [0.4, 0.5) is 0 Å². The first-order chi connectivity index (χ1) is 8.66. The fourth-order valence-corrected chi connectivity index (χ4v) is 3.12. The Kier molecular flexibility index (Phi) is 4.28. The Morgan fingerprint density at radius 1 is 1.33 bits per heavy atom. The molecule has 0 bridgehead atoms. The van der Waals surface area contributed by atoms with Gasteiger partial charge in [0.05, 0.1) is 5.54 Å². The summed E-state index contributed by atoms with van der Waals surface area (Å²) in [4.78, 5) is 12.4. The van der Waals surface area contributed by atoms with Gasteiger partial charge in [-0.3, -0.25) is 4.79 Å². The highest BCUT2D eigenvalue weighted by Gasteiger charge is 2.44. The highest BCUT2D eigenvalue weighted by atomic mass is 16.3. The molecule has 0 aromatic rings. The minimum atomic E-state index is -0.315. The second kappa shape index (κ2) is 5.57. The Hall–Kier alpha value is -0.610. The number of amides is 1. The zero-order chi connectivity index (χ0) is 13.1. The zero-order valence-electron chi connectivity index (χ0n) is 11.4. The minimum absolute atomic E-state index is 0.172. The molecule has 18 heavy (non-hydrogen) atoms. The molecule has 0 aromatic heterocycles. The van der Waals surface area contributed by atoms with Gasteiger partial charge in [0.25, 0.3) is 0 Å². The van der Waals surface area contributed by atoms with Gasteiger partial charge in [-0.2, -0.15) is 0 Å². The molecule has 104 valence electrons. The number of carbonyl (C=O) groups is 1. The quantitative estimate of drug-likeness (QED) is 0.639. The average molecular weight is 254 g/mol. The Labute approximate surface area is 110 Å². The van der Waals surface area contributed by atoms with E-state index in [4.69, 9.17) is 5.11 Å². The van der Waals surface area contributed by atoms with Crippen molar-refractivity contribution in [3.05, 3.63) is 0 Å². The number of nitrogens with one attached hydrogen (secondary N) is 2. The van der Waals surface area contributed by atoms with Crippen molar-refractivity contribution in [1.29, 1.82) is 0 Å². The second-order valence-electron chi connectivity index (χ2n) is 6.02. The summed E-state index contributed by atoms with van der Waals surface area (Å²) in [7, 11) is 0. The molecule has 1 aliphatic carbocycles. The fourth-order valence-electron chi connectivity index (χ4n) is 3.12. The van der Waals surface area contributed by atoms with Crippen LogP contribution >= 0.6 is 0 Å². The maximum absolute atomic E-state index is 12.4. The molecule has 2 aliphatic rings. The average Bonchev–Trinajstić information content (AvgIpc) is 2.95. The van der Waals surface area contributed by atoms with Gasteiger partial charge in [0.15, 0.2) is 0 Å². The van der Waals surface area contributed by atoms with Crippen LogP contribution in [0, 0.1) is 5.41 Å². The SMILES string of the molecule is CCCC1(C(=O)NCC2(CCO)CC2)CCCN1. The lowest BCUT2D eigenvalue weighted by Crippen LogP contribution is -2.54. The first-order valence-electron chi connectivity index (χ1n) is 7.31.